The Labute approximate surface area is 310 Å². The first-order chi connectivity index (χ1) is 26.3. The van der Waals surface area contributed by atoms with Gasteiger partial charge in [0.15, 0.2) is 0 Å². The largest absolute Gasteiger partial charge is 0.456 e. The van der Waals surface area contributed by atoms with Crippen LogP contribution >= 0.6 is 0 Å². The van der Waals surface area contributed by atoms with Crippen molar-refractivity contribution in [2.75, 3.05) is 0 Å². The van der Waals surface area contributed by atoms with Crippen LogP contribution in [0.25, 0.3) is 55.8 Å². The molecule has 1 aliphatic rings. The summed E-state index contributed by atoms with van der Waals surface area (Å²) in [4.78, 5) is 0. The second-order valence-electron chi connectivity index (χ2n) is 14.1. The van der Waals surface area contributed by atoms with Gasteiger partial charge in [-0.1, -0.05) is 182 Å². The van der Waals surface area contributed by atoms with Gasteiger partial charge in [0.25, 0.3) is 0 Å². The fourth-order valence-electron chi connectivity index (χ4n) is 8.62. The van der Waals surface area contributed by atoms with E-state index in [1.54, 1.807) is 0 Å². The van der Waals surface area contributed by atoms with E-state index in [1.165, 1.54) is 61.2 Å². The monoisotopic (exact) mass is 676 g/mol. The number of furan rings is 1. The van der Waals surface area contributed by atoms with Gasteiger partial charge in [0.05, 0.1) is 5.41 Å². The third-order valence-electron chi connectivity index (χ3n) is 11.0. The lowest BCUT2D eigenvalue weighted by atomic mass is 9.67. The van der Waals surface area contributed by atoms with Crippen molar-refractivity contribution in [1.82, 2.24) is 0 Å². The number of benzene rings is 8. The molecule has 0 spiro atoms. The number of allylic oxidation sites excluding steroid dienone is 1. The van der Waals surface area contributed by atoms with Crippen molar-refractivity contribution in [2.45, 2.75) is 11.8 Å². The van der Waals surface area contributed by atoms with Crippen molar-refractivity contribution in [3.05, 3.63) is 239 Å². The SMILES string of the molecule is C(=C(\Cc1ccc2c(c1)C(c1ccccc1)(c1cccc(-c3ccccc3)c1)c1ccccc1-2)c1ccccc1)/c1ccc2oc3ccccc3c2c1. The first-order valence-electron chi connectivity index (χ1n) is 18.4. The molecule has 0 saturated carbocycles. The Balaban J connectivity index is 1.16. The van der Waals surface area contributed by atoms with E-state index in [1.807, 2.05) is 12.1 Å². The van der Waals surface area contributed by atoms with Crippen LogP contribution in [-0.2, 0) is 11.8 Å². The highest BCUT2D eigenvalue weighted by molar-refractivity contribution is 6.06. The van der Waals surface area contributed by atoms with Crippen molar-refractivity contribution in [2.24, 2.45) is 0 Å². The van der Waals surface area contributed by atoms with Gasteiger partial charge in [-0.2, -0.15) is 0 Å². The summed E-state index contributed by atoms with van der Waals surface area (Å²) in [6, 6.07) is 72.8. The van der Waals surface area contributed by atoms with E-state index >= 15 is 0 Å². The van der Waals surface area contributed by atoms with Crippen LogP contribution in [0.3, 0.4) is 0 Å². The minimum Gasteiger partial charge on any atom is -0.456 e. The molecular weight excluding hydrogens is 641 g/mol. The molecule has 1 heterocycles. The molecule has 1 heteroatoms. The van der Waals surface area contributed by atoms with Crippen molar-refractivity contribution < 1.29 is 4.42 Å². The normalized spacial score (nSPS) is 15.1. The van der Waals surface area contributed by atoms with Crippen LogP contribution < -0.4 is 0 Å². The minimum atomic E-state index is -0.488. The molecule has 0 amide bonds. The van der Waals surface area contributed by atoms with Crippen molar-refractivity contribution in [3.8, 4) is 22.3 Å². The molecule has 1 aliphatic carbocycles. The fraction of sp³-hybridized carbons (Fsp3) is 0.0385. The highest BCUT2D eigenvalue weighted by Gasteiger charge is 2.46. The zero-order valence-corrected chi connectivity index (χ0v) is 29.2. The average molecular weight is 677 g/mol. The molecule has 53 heavy (non-hydrogen) atoms. The third-order valence-corrected chi connectivity index (χ3v) is 11.0. The van der Waals surface area contributed by atoms with Crippen molar-refractivity contribution in [3.63, 3.8) is 0 Å². The molecule has 10 rings (SSSR count). The van der Waals surface area contributed by atoms with E-state index in [-0.39, 0.29) is 0 Å². The van der Waals surface area contributed by atoms with Crippen LogP contribution in [0, 0.1) is 0 Å². The molecule has 0 aliphatic heterocycles. The van der Waals surface area contributed by atoms with Gasteiger partial charge < -0.3 is 4.42 Å². The summed E-state index contributed by atoms with van der Waals surface area (Å²) in [6.07, 6.45) is 3.14. The lowest BCUT2D eigenvalue weighted by molar-refractivity contribution is 0.669. The fourth-order valence-corrected chi connectivity index (χ4v) is 8.62. The molecule has 0 radical (unpaired) electrons. The Morgan fingerprint density at radius 2 is 1.11 bits per heavy atom. The van der Waals surface area contributed by atoms with Gasteiger partial charge in [-0.3, -0.25) is 0 Å². The Morgan fingerprint density at radius 3 is 1.96 bits per heavy atom. The molecule has 1 nitrogen and oxygen atoms in total. The molecule has 0 N–H and O–H groups in total. The number of fused-ring (bicyclic) bond motifs is 6. The van der Waals surface area contributed by atoms with Gasteiger partial charge >= 0.3 is 0 Å². The first kappa shape index (κ1) is 31.1. The third kappa shape index (κ3) is 5.24. The molecule has 1 aromatic heterocycles. The molecule has 0 bridgehead atoms. The van der Waals surface area contributed by atoms with Gasteiger partial charge in [0.2, 0.25) is 0 Å². The van der Waals surface area contributed by atoms with Gasteiger partial charge in [-0.15, -0.1) is 0 Å². The van der Waals surface area contributed by atoms with Crippen molar-refractivity contribution in [1.29, 1.82) is 0 Å². The summed E-state index contributed by atoms with van der Waals surface area (Å²) in [5, 5.41) is 2.29. The summed E-state index contributed by atoms with van der Waals surface area (Å²) in [5.41, 5.74) is 16.5. The highest BCUT2D eigenvalue weighted by atomic mass is 16.3. The van der Waals surface area contributed by atoms with Gasteiger partial charge in [-0.05, 0) is 97.5 Å². The predicted octanol–water partition coefficient (Wildman–Crippen LogP) is 13.4. The average Bonchev–Trinajstić information content (AvgIpc) is 3.75. The summed E-state index contributed by atoms with van der Waals surface area (Å²) in [7, 11) is 0. The van der Waals surface area contributed by atoms with Crippen LogP contribution in [0.2, 0.25) is 0 Å². The van der Waals surface area contributed by atoms with Crippen LogP contribution in [0.4, 0.5) is 0 Å². The molecule has 9 aromatic rings. The van der Waals surface area contributed by atoms with Crippen LogP contribution in [0.5, 0.6) is 0 Å². The Bertz CT molecular complexity index is 2790. The summed E-state index contributed by atoms with van der Waals surface area (Å²) in [5.74, 6) is 0. The number of rotatable bonds is 7. The van der Waals surface area contributed by atoms with Gasteiger partial charge in [0.1, 0.15) is 11.2 Å². The van der Waals surface area contributed by atoms with Crippen LogP contribution in [0.15, 0.2) is 205 Å². The van der Waals surface area contributed by atoms with E-state index in [0.717, 1.165) is 33.9 Å². The maximum absolute atomic E-state index is 6.17. The Morgan fingerprint density at radius 1 is 0.453 bits per heavy atom. The lowest BCUT2D eigenvalue weighted by Gasteiger charge is -2.34. The predicted molar refractivity (Wildman–Crippen MR) is 221 cm³/mol. The summed E-state index contributed by atoms with van der Waals surface area (Å²) in [6.45, 7) is 0. The molecule has 250 valence electrons. The number of hydrogen-bond donors (Lipinski definition) is 0. The topological polar surface area (TPSA) is 13.1 Å². The first-order valence-corrected chi connectivity index (χ1v) is 18.4. The van der Waals surface area contributed by atoms with E-state index < -0.39 is 5.41 Å². The lowest BCUT2D eigenvalue weighted by Crippen LogP contribution is -2.28. The summed E-state index contributed by atoms with van der Waals surface area (Å²) >= 11 is 0. The quantitative estimate of drug-likeness (QED) is 0.153. The van der Waals surface area contributed by atoms with E-state index in [0.29, 0.717) is 0 Å². The van der Waals surface area contributed by atoms with E-state index in [2.05, 4.69) is 194 Å². The molecular formula is C52H36O. The number of hydrogen-bond acceptors (Lipinski definition) is 1. The second kappa shape index (κ2) is 12.8. The molecule has 1 atom stereocenters. The zero-order valence-electron chi connectivity index (χ0n) is 29.2. The minimum absolute atomic E-state index is 0.488. The summed E-state index contributed by atoms with van der Waals surface area (Å²) < 4.78 is 6.17. The second-order valence-corrected chi connectivity index (χ2v) is 14.1. The zero-order chi connectivity index (χ0) is 35.2. The number of para-hydroxylation sites is 1. The van der Waals surface area contributed by atoms with Crippen LogP contribution in [0.1, 0.15) is 38.9 Å². The highest BCUT2D eigenvalue weighted by Crippen LogP contribution is 2.56. The van der Waals surface area contributed by atoms with Gasteiger partial charge in [-0.25, -0.2) is 0 Å². The Hall–Kier alpha value is -6.70. The molecule has 0 saturated heterocycles. The van der Waals surface area contributed by atoms with Gasteiger partial charge in [0, 0.05) is 10.8 Å². The molecule has 1 unspecified atom stereocenters. The maximum Gasteiger partial charge on any atom is 0.135 e. The van der Waals surface area contributed by atoms with E-state index in [9.17, 15) is 0 Å². The Kier molecular flexibility index (Phi) is 7.51. The smallest absolute Gasteiger partial charge is 0.135 e. The van der Waals surface area contributed by atoms with Crippen LogP contribution in [-0.4, -0.2) is 0 Å². The van der Waals surface area contributed by atoms with E-state index in [4.69, 9.17) is 4.42 Å². The standard InChI is InChI=1S/C52H36O/c1-4-15-38(16-5-1)40-19-14-22-43(35-40)52(42-20-8-3-9-21-42)48-25-12-10-23-44(48)45-29-27-37(34-49(45)52)32-41(39-17-6-2-7-18-39)31-36-28-30-51-47(33-36)46-24-11-13-26-50(46)53-51/h1-31,33-35H,32H2/b41-31-. The maximum atomic E-state index is 6.17. The van der Waals surface area contributed by atoms with Crippen molar-refractivity contribution >= 4 is 33.6 Å². The molecule has 0 fully saturated rings. The molecule has 8 aromatic carbocycles.